The Morgan fingerprint density at radius 3 is 2.48 bits per heavy atom. The molecule has 1 aliphatic rings. The summed E-state index contributed by atoms with van der Waals surface area (Å²) in [5, 5.41) is 0. The van der Waals surface area contributed by atoms with Crippen LogP contribution in [0.4, 0.5) is 18.9 Å². The molecule has 128 valence electrons. The largest absolute Gasteiger partial charge is 0.416 e. The lowest BCUT2D eigenvalue weighted by atomic mass is 9.93. The molecule has 0 N–H and O–H groups in total. The van der Waals surface area contributed by atoms with Gasteiger partial charge >= 0.3 is 6.18 Å². The van der Waals surface area contributed by atoms with Crippen molar-refractivity contribution in [3.63, 3.8) is 0 Å². The summed E-state index contributed by atoms with van der Waals surface area (Å²) < 4.78 is 39.4. The minimum absolute atomic E-state index is 0.154. The first-order valence-corrected chi connectivity index (χ1v) is 8.04. The lowest BCUT2D eigenvalue weighted by Gasteiger charge is -2.15. The highest BCUT2D eigenvalue weighted by molar-refractivity contribution is 5.79. The molecule has 4 heteroatoms. The first-order valence-electron chi connectivity index (χ1n) is 8.04. The van der Waals surface area contributed by atoms with Gasteiger partial charge in [-0.2, -0.15) is 13.2 Å². The number of hydrogen-bond acceptors (Lipinski definition) is 1. The Kier molecular flexibility index (Phi) is 4.62. The number of alkyl halides is 3. The highest BCUT2D eigenvalue weighted by Gasteiger charge is 2.33. The molecule has 1 heterocycles. The molecular formula is C21H18F3N. The molecule has 0 saturated carbocycles. The molecule has 0 aromatic heterocycles. The van der Waals surface area contributed by atoms with Crippen LogP contribution in [0.15, 0.2) is 60.6 Å². The molecule has 0 unspecified atom stereocenters. The van der Waals surface area contributed by atoms with Gasteiger partial charge in [-0.05, 0) is 52.8 Å². The molecule has 0 atom stereocenters. The van der Waals surface area contributed by atoms with Gasteiger partial charge in [0.2, 0.25) is 0 Å². The van der Waals surface area contributed by atoms with E-state index in [1.165, 1.54) is 17.7 Å². The van der Waals surface area contributed by atoms with E-state index in [0.29, 0.717) is 18.4 Å². The van der Waals surface area contributed by atoms with Gasteiger partial charge in [-0.15, -0.1) is 0 Å². The maximum absolute atomic E-state index is 13.1. The highest BCUT2D eigenvalue weighted by atomic mass is 19.4. The second-order valence-electron chi connectivity index (χ2n) is 6.11. The molecule has 3 rings (SSSR count). The first-order chi connectivity index (χ1) is 11.9. The van der Waals surface area contributed by atoms with E-state index in [2.05, 4.69) is 18.2 Å². The van der Waals surface area contributed by atoms with E-state index >= 15 is 0 Å². The second-order valence-corrected chi connectivity index (χ2v) is 6.11. The number of aliphatic imine (C=N–C) groups is 1. The molecule has 1 aliphatic heterocycles. The van der Waals surface area contributed by atoms with Crippen molar-refractivity contribution < 1.29 is 13.2 Å². The van der Waals surface area contributed by atoms with Gasteiger partial charge in [0, 0.05) is 12.6 Å². The lowest BCUT2D eigenvalue weighted by molar-refractivity contribution is -0.137. The predicted octanol–water partition coefficient (Wildman–Crippen LogP) is 6.47. The average molecular weight is 341 g/mol. The van der Waals surface area contributed by atoms with Crippen LogP contribution in [-0.4, -0.2) is 6.21 Å². The summed E-state index contributed by atoms with van der Waals surface area (Å²) in [5.74, 6) is 0. The summed E-state index contributed by atoms with van der Waals surface area (Å²) in [7, 11) is 0. The van der Waals surface area contributed by atoms with Gasteiger partial charge in [0.15, 0.2) is 0 Å². The zero-order valence-electron chi connectivity index (χ0n) is 13.7. The van der Waals surface area contributed by atoms with Crippen LogP contribution in [-0.2, 0) is 12.6 Å². The van der Waals surface area contributed by atoms with Crippen molar-refractivity contribution in [2.75, 3.05) is 0 Å². The van der Waals surface area contributed by atoms with Crippen molar-refractivity contribution in [1.29, 1.82) is 0 Å². The Morgan fingerprint density at radius 1 is 1.00 bits per heavy atom. The van der Waals surface area contributed by atoms with Crippen LogP contribution >= 0.6 is 0 Å². The minimum atomic E-state index is -4.38. The number of allylic oxidation sites excluding steroid dienone is 2. The summed E-state index contributed by atoms with van der Waals surface area (Å²) in [4.78, 5) is 4.32. The van der Waals surface area contributed by atoms with Crippen molar-refractivity contribution in [3.8, 4) is 0 Å². The van der Waals surface area contributed by atoms with Crippen LogP contribution in [0.1, 0.15) is 35.1 Å². The predicted molar refractivity (Wildman–Crippen MR) is 97.0 cm³/mol. The molecule has 1 nitrogen and oxygen atoms in total. The summed E-state index contributed by atoms with van der Waals surface area (Å²) in [5.41, 5.74) is 3.94. The van der Waals surface area contributed by atoms with Gasteiger partial charge in [-0.25, -0.2) is 0 Å². The summed E-state index contributed by atoms with van der Waals surface area (Å²) in [6.07, 6.45) is -0.700. The van der Waals surface area contributed by atoms with Crippen molar-refractivity contribution in [2.24, 2.45) is 4.99 Å². The molecule has 0 aliphatic carbocycles. The van der Waals surface area contributed by atoms with Crippen LogP contribution in [0.5, 0.6) is 0 Å². The van der Waals surface area contributed by atoms with E-state index < -0.39 is 11.7 Å². The van der Waals surface area contributed by atoms with Crippen molar-refractivity contribution in [3.05, 3.63) is 77.9 Å². The lowest BCUT2D eigenvalue weighted by Crippen LogP contribution is -2.08. The van der Waals surface area contributed by atoms with Crippen molar-refractivity contribution >= 4 is 23.0 Å². The molecule has 25 heavy (non-hydrogen) atoms. The smallest absolute Gasteiger partial charge is 0.261 e. The first kappa shape index (κ1) is 17.2. The highest BCUT2D eigenvalue weighted by Crippen LogP contribution is 2.36. The van der Waals surface area contributed by atoms with Crippen LogP contribution in [0, 0.1) is 0 Å². The fourth-order valence-electron chi connectivity index (χ4n) is 2.94. The van der Waals surface area contributed by atoms with Crippen LogP contribution < -0.4 is 0 Å². The van der Waals surface area contributed by atoms with Gasteiger partial charge in [-0.3, -0.25) is 4.99 Å². The molecule has 0 bridgehead atoms. The Bertz CT molecular complexity index is 860. The molecule has 0 radical (unpaired) electrons. The van der Waals surface area contributed by atoms with Crippen molar-refractivity contribution in [1.82, 2.24) is 0 Å². The molecular weight excluding hydrogens is 323 g/mol. The normalized spacial score (nSPS) is 12.9. The van der Waals surface area contributed by atoms with Gasteiger partial charge < -0.3 is 0 Å². The van der Waals surface area contributed by atoms with Gasteiger partial charge in [0.25, 0.3) is 0 Å². The fraction of sp³-hybridized carbons (Fsp3) is 0.190. The maximum atomic E-state index is 13.1. The Hall–Kier alpha value is -2.62. The average Bonchev–Trinajstić information content (AvgIpc) is 3.06. The number of nitrogens with zero attached hydrogens (tertiary/aromatic N) is 1. The molecule has 0 fully saturated rings. The number of benzene rings is 2. The number of halogens is 3. The van der Waals surface area contributed by atoms with E-state index in [9.17, 15) is 13.2 Å². The SMILES string of the molecule is C=C(CCC(=C)c1ccccc1C(F)(F)F)c1ccc2c(c1)N=CC2. The van der Waals surface area contributed by atoms with Gasteiger partial charge in [0.1, 0.15) is 0 Å². The standard InChI is InChI=1S/C21H18F3N/c1-14(17-10-9-16-11-12-25-20(16)13-17)7-8-15(2)18-5-3-4-6-19(18)21(22,23)24/h3-6,9-10,12-13H,1-2,7-8,11H2. The summed E-state index contributed by atoms with van der Waals surface area (Å²) >= 11 is 0. The van der Waals surface area contributed by atoms with E-state index in [1.807, 2.05) is 24.4 Å². The molecule has 2 aromatic rings. The topological polar surface area (TPSA) is 12.4 Å². The third kappa shape index (κ3) is 3.73. The van der Waals surface area contributed by atoms with Crippen LogP contribution in [0.25, 0.3) is 11.1 Å². The summed E-state index contributed by atoms with van der Waals surface area (Å²) in [6.45, 7) is 7.93. The minimum Gasteiger partial charge on any atom is -0.261 e. The third-order valence-electron chi connectivity index (χ3n) is 4.38. The number of rotatable bonds is 5. The molecule has 0 saturated heterocycles. The van der Waals surface area contributed by atoms with E-state index in [-0.39, 0.29) is 5.56 Å². The Morgan fingerprint density at radius 2 is 1.72 bits per heavy atom. The number of hydrogen-bond donors (Lipinski definition) is 0. The molecule has 2 aromatic carbocycles. The van der Waals surface area contributed by atoms with Crippen molar-refractivity contribution in [2.45, 2.75) is 25.4 Å². The van der Waals surface area contributed by atoms with E-state index in [4.69, 9.17) is 0 Å². The molecule has 0 amide bonds. The van der Waals surface area contributed by atoms with Crippen LogP contribution in [0.3, 0.4) is 0 Å². The zero-order valence-corrected chi connectivity index (χ0v) is 13.7. The zero-order chi connectivity index (χ0) is 18.0. The van der Waals surface area contributed by atoms with Crippen LogP contribution in [0.2, 0.25) is 0 Å². The third-order valence-corrected chi connectivity index (χ3v) is 4.38. The summed E-state index contributed by atoms with van der Waals surface area (Å²) in [6, 6.07) is 11.5. The Balaban J connectivity index is 1.71. The van der Waals surface area contributed by atoms with E-state index in [1.54, 1.807) is 6.07 Å². The second kappa shape index (κ2) is 6.71. The monoisotopic (exact) mass is 341 g/mol. The van der Waals surface area contributed by atoms with Gasteiger partial charge in [-0.1, -0.05) is 43.5 Å². The number of fused-ring (bicyclic) bond motifs is 1. The van der Waals surface area contributed by atoms with Gasteiger partial charge in [0.05, 0.1) is 11.3 Å². The van der Waals surface area contributed by atoms with E-state index in [0.717, 1.165) is 29.3 Å². The maximum Gasteiger partial charge on any atom is 0.416 e. The Labute approximate surface area is 145 Å². The quantitative estimate of drug-likeness (QED) is 0.591. The fourth-order valence-corrected chi connectivity index (χ4v) is 2.94. The molecule has 0 spiro atoms.